The number of H-pyrrole nitrogens is 1. The van der Waals surface area contributed by atoms with Crippen molar-refractivity contribution < 1.29 is 33.5 Å². The quantitative estimate of drug-likeness (QED) is 0.0819. The molecule has 0 aliphatic carbocycles. The number of hydrogen-bond donors (Lipinski definition) is 1. The van der Waals surface area contributed by atoms with E-state index < -0.39 is 9.85 Å². The summed E-state index contributed by atoms with van der Waals surface area (Å²) < 4.78 is 26.4. The molecule has 0 amide bonds. The summed E-state index contributed by atoms with van der Waals surface area (Å²) >= 11 is 5.27. The van der Waals surface area contributed by atoms with Crippen molar-refractivity contribution in [3.8, 4) is 34.8 Å². The van der Waals surface area contributed by atoms with Crippen molar-refractivity contribution >= 4 is 44.8 Å². The molecule has 0 spiro atoms. The van der Waals surface area contributed by atoms with Gasteiger partial charge < -0.3 is 33.6 Å². The first-order valence-corrected chi connectivity index (χ1v) is 17.0. The highest BCUT2D eigenvalue weighted by Gasteiger charge is 2.14. The lowest BCUT2D eigenvalue weighted by atomic mass is 10.2. The Bertz CT molecular complexity index is 2250. The first-order chi connectivity index (χ1) is 26.9. The van der Waals surface area contributed by atoms with Gasteiger partial charge >= 0.3 is 17.4 Å². The highest BCUT2D eigenvalue weighted by atomic mass is 35.5. The van der Waals surface area contributed by atoms with Crippen LogP contribution in [0.15, 0.2) is 78.4 Å². The van der Waals surface area contributed by atoms with E-state index in [2.05, 4.69) is 55.6 Å². The maximum atomic E-state index is 11.5. The third-order valence-electron chi connectivity index (χ3n) is 7.66. The van der Waals surface area contributed by atoms with Crippen LogP contribution < -0.4 is 29.1 Å². The molecule has 6 rings (SSSR count). The molecule has 2 aromatic carbocycles. The molecule has 0 aliphatic heterocycles. The minimum atomic E-state index is -0.587. The summed E-state index contributed by atoms with van der Waals surface area (Å²) in [6.45, 7) is 10.1. The fourth-order valence-corrected chi connectivity index (χ4v) is 4.76. The molecule has 1 N–H and O–H groups in total. The number of hydrogen-bond acceptors (Lipinski definition) is 16. The molecular weight excluding hydrogens is 754 g/mol. The van der Waals surface area contributed by atoms with Crippen LogP contribution in [0.2, 0.25) is 5.28 Å². The van der Waals surface area contributed by atoms with Gasteiger partial charge in [-0.25, -0.2) is 9.97 Å². The Labute approximate surface area is 325 Å². The first kappa shape index (κ1) is 43.7. The van der Waals surface area contributed by atoms with Crippen LogP contribution in [0.4, 0.5) is 11.4 Å². The van der Waals surface area contributed by atoms with Crippen molar-refractivity contribution in [2.75, 3.05) is 48.1 Å². The van der Waals surface area contributed by atoms with E-state index in [1.54, 1.807) is 56.9 Å². The monoisotopic (exact) mass is 793 g/mol. The molecule has 0 bridgehead atoms. The molecule has 19 nitrogen and oxygen atoms in total. The summed E-state index contributed by atoms with van der Waals surface area (Å²) in [6.07, 6.45) is 7.43. The van der Waals surface area contributed by atoms with Gasteiger partial charge in [0, 0.05) is 41.4 Å². The zero-order valence-corrected chi connectivity index (χ0v) is 32.3. The smallest absolute Gasteiger partial charge is 0.322 e. The Morgan fingerprint density at radius 1 is 0.679 bits per heavy atom. The maximum absolute atomic E-state index is 11.5. The number of ether oxygens (including phenoxy) is 5. The molecule has 4 heterocycles. The van der Waals surface area contributed by atoms with Crippen molar-refractivity contribution in [1.82, 2.24) is 34.8 Å². The topological polar surface area (TPSA) is 233 Å². The fourth-order valence-electron chi connectivity index (χ4n) is 4.66. The molecule has 0 saturated heterocycles. The van der Waals surface area contributed by atoms with Crippen molar-refractivity contribution in [2.24, 2.45) is 0 Å². The molecule has 296 valence electrons. The highest BCUT2D eigenvalue weighted by molar-refractivity contribution is 6.28. The van der Waals surface area contributed by atoms with Crippen LogP contribution in [0.5, 0.6) is 34.8 Å². The Morgan fingerprint density at radius 2 is 1.16 bits per heavy atom. The van der Waals surface area contributed by atoms with Crippen LogP contribution in [0, 0.1) is 20.2 Å². The summed E-state index contributed by atoms with van der Waals surface area (Å²) in [5, 5.41) is 21.9. The second-order valence-electron chi connectivity index (χ2n) is 10.8. The van der Waals surface area contributed by atoms with Crippen LogP contribution >= 0.6 is 11.6 Å². The van der Waals surface area contributed by atoms with Gasteiger partial charge in [0.1, 0.15) is 30.5 Å². The fraction of sp³-hybridized carbons (Fsp3) is 0.278. The molecule has 20 heteroatoms. The van der Waals surface area contributed by atoms with Gasteiger partial charge in [0.05, 0.1) is 49.3 Å². The van der Waals surface area contributed by atoms with Crippen LogP contribution in [0.25, 0.3) is 21.8 Å². The summed E-state index contributed by atoms with van der Waals surface area (Å²) in [5.74, 6) is 2.66. The normalized spacial score (nSPS) is 10.2. The predicted molar refractivity (Wildman–Crippen MR) is 208 cm³/mol. The van der Waals surface area contributed by atoms with Gasteiger partial charge in [-0.15, -0.1) is 0 Å². The number of aromatic amines is 1. The third kappa shape index (κ3) is 12.1. The largest absolute Gasteiger partial charge is 0.493 e. The van der Waals surface area contributed by atoms with Crippen molar-refractivity contribution in [3.05, 3.63) is 109 Å². The van der Waals surface area contributed by atoms with Gasteiger partial charge in [-0.2, -0.15) is 9.97 Å². The SMILES string of the molecule is CCN(CC)CC.COc1cc2[nH]ccc(=O)c2cc1OC.COc1cc2nccc(Oc3ncc([N+](=O)[O-])cn3)c2cc1OC.O=[N+]([O-])c1cnc(Cl)nc1. The molecule has 0 atom stereocenters. The van der Waals surface area contributed by atoms with Gasteiger partial charge in [0.2, 0.25) is 5.28 Å². The number of nitrogens with one attached hydrogen (secondary N) is 1. The molecule has 56 heavy (non-hydrogen) atoms. The number of methoxy groups -OCH3 is 4. The zero-order valence-electron chi connectivity index (χ0n) is 31.6. The lowest BCUT2D eigenvalue weighted by Gasteiger charge is -2.13. The first-order valence-electron chi connectivity index (χ1n) is 16.7. The van der Waals surface area contributed by atoms with E-state index in [0.29, 0.717) is 45.0 Å². The number of pyridine rings is 2. The van der Waals surface area contributed by atoms with Gasteiger partial charge in [-0.3, -0.25) is 30.0 Å². The molecule has 0 radical (unpaired) electrons. The average Bonchev–Trinajstić information content (AvgIpc) is 3.22. The number of rotatable bonds is 11. The minimum Gasteiger partial charge on any atom is -0.493 e. The summed E-state index contributed by atoms with van der Waals surface area (Å²) in [5.41, 5.74) is 0.953. The molecule has 0 saturated carbocycles. The molecule has 0 aliphatic rings. The molecular formula is C36H40ClN9O10. The van der Waals surface area contributed by atoms with E-state index in [4.69, 9.17) is 35.3 Å². The van der Waals surface area contributed by atoms with E-state index in [1.165, 1.54) is 39.9 Å². The number of halogens is 1. The van der Waals surface area contributed by atoms with E-state index in [0.717, 1.165) is 30.3 Å². The summed E-state index contributed by atoms with van der Waals surface area (Å²) in [6, 6.07) is 9.97. The van der Waals surface area contributed by atoms with Gasteiger partial charge in [0.25, 0.3) is 0 Å². The van der Waals surface area contributed by atoms with E-state index in [9.17, 15) is 25.0 Å². The number of fused-ring (bicyclic) bond motifs is 2. The Morgan fingerprint density at radius 3 is 1.64 bits per heavy atom. The Balaban J connectivity index is 0.000000224. The molecule has 6 aromatic rings. The maximum Gasteiger partial charge on any atom is 0.322 e. The van der Waals surface area contributed by atoms with Crippen LogP contribution in [-0.4, -0.2) is 92.7 Å². The lowest BCUT2D eigenvalue weighted by molar-refractivity contribution is -0.385. The molecule has 0 unspecified atom stereocenters. The average molecular weight is 794 g/mol. The van der Waals surface area contributed by atoms with Crippen molar-refractivity contribution in [3.63, 3.8) is 0 Å². The van der Waals surface area contributed by atoms with Crippen molar-refractivity contribution in [2.45, 2.75) is 20.8 Å². The van der Waals surface area contributed by atoms with Crippen LogP contribution in [0.3, 0.4) is 0 Å². The van der Waals surface area contributed by atoms with Gasteiger partial charge in [-0.05, 0) is 49.4 Å². The van der Waals surface area contributed by atoms with Gasteiger partial charge in [0.15, 0.2) is 28.4 Å². The van der Waals surface area contributed by atoms with Crippen LogP contribution in [0.1, 0.15) is 20.8 Å². The number of aromatic nitrogens is 6. The number of benzene rings is 2. The zero-order chi connectivity index (χ0) is 41.2. The number of nitro groups is 2. The number of nitrogens with zero attached hydrogens (tertiary/aromatic N) is 8. The highest BCUT2D eigenvalue weighted by Crippen LogP contribution is 2.36. The van der Waals surface area contributed by atoms with E-state index in [1.807, 2.05) is 0 Å². The van der Waals surface area contributed by atoms with Crippen molar-refractivity contribution in [1.29, 1.82) is 0 Å². The standard InChI is InChI=1S/C15H12N4O5.C11H11NO3.C6H15N.C4H2ClN3O2/c1-22-13-5-10-11(6-14(13)23-2)16-4-3-12(10)24-15-17-7-9(8-18-15)19(20)21;1-14-10-5-7-8(6-11(10)15-2)12-4-3-9(7)13;1-4-7(5-2)6-3;5-4-6-1-3(2-7-4)8(9)10/h3-8H,1-2H3;3-6H,1-2H3,(H,12,13);4-6H2,1-3H3;1-2H. The summed E-state index contributed by atoms with van der Waals surface area (Å²) in [7, 11) is 6.17. The summed E-state index contributed by atoms with van der Waals surface area (Å²) in [4.78, 5) is 55.1. The molecule has 4 aromatic heterocycles. The predicted octanol–water partition coefficient (Wildman–Crippen LogP) is 6.67. The minimum absolute atomic E-state index is 0.00519. The Hall–Kier alpha value is -6.73. The lowest BCUT2D eigenvalue weighted by Crippen LogP contribution is -2.21. The van der Waals surface area contributed by atoms with Gasteiger partial charge in [-0.1, -0.05) is 20.8 Å². The third-order valence-corrected chi connectivity index (χ3v) is 7.85. The van der Waals surface area contributed by atoms with E-state index >= 15 is 0 Å². The van der Waals surface area contributed by atoms with E-state index in [-0.39, 0.29) is 28.1 Å². The second kappa shape index (κ2) is 21.8. The van der Waals surface area contributed by atoms with Crippen LogP contribution in [-0.2, 0) is 0 Å². The molecule has 0 fully saturated rings. The second-order valence-corrected chi connectivity index (χ2v) is 11.1. The Kier molecular flexibility index (Phi) is 17.0.